The Bertz CT molecular complexity index is 400. The van der Waals surface area contributed by atoms with Crippen LogP contribution in [0, 0.1) is 11.8 Å². The van der Waals surface area contributed by atoms with Crippen LogP contribution in [0.1, 0.15) is 6.42 Å². The smallest absolute Gasteiger partial charge is 0.232 e. The van der Waals surface area contributed by atoms with Crippen molar-refractivity contribution in [2.45, 2.75) is 12.5 Å². The van der Waals surface area contributed by atoms with Crippen LogP contribution in [-0.2, 0) is 4.79 Å². The summed E-state index contributed by atoms with van der Waals surface area (Å²) in [6.45, 7) is 1.81. The molecule has 0 bridgehead atoms. The highest BCUT2D eigenvalue weighted by Crippen LogP contribution is 2.13. The first-order valence-electron chi connectivity index (χ1n) is 5.53. The fourth-order valence-corrected chi connectivity index (χ4v) is 1.49. The zero-order valence-electron chi connectivity index (χ0n) is 10.9. The van der Waals surface area contributed by atoms with Crippen LogP contribution in [0.15, 0.2) is 5.11 Å². The summed E-state index contributed by atoms with van der Waals surface area (Å²) in [4.78, 5) is 16.0. The largest absolute Gasteiger partial charge is 1.00 e. The minimum absolute atomic E-state index is 0. The molecule has 0 aromatic heterocycles. The lowest BCUT2D eigenvalue weighted by Crippen LogP contribution is -3.00. The second kappa shape index (κ2) is 7.46. The van der Waals surface area contributed by atoms with Crippen LogP contribution in [0.3, 0.4) is 0 Å². The van der Waals surface area contributed by atoms with E-state index in [0.29, 0.717) is 19.5 Å². The summed E-state index contributed by atoms with van der Waals surface area (Å²) in [5.41, 5.74) is 8.29. The summed E-state index contributed by atoms with van der Waals surface area (Å²) in [6.07, 6.45) is 0.597. The molecule has 0 saturated carbocycles. The topological polar surface area (TPSA) is 69.1 Å². The van der Waals surface area contributed by atoms with Gasteiger partial charge in [-0.15, -0.1) is 0 Å². The van der Waals surface area contributed by atoms with Gasteiger partial charge in [0.1, 0.15) is 12.6 Å². The maximum atomic E-state index is 11.7. The number of hydrogen-bond acceptors (Lipinski definition) is 2. The summed E-state index contributed by atoms with van der Waals surface area (Å²) in [7, 11) is 6.19. The Kier molecular flexibility index (Phi) is 7.06. The fourth-order valence-electron chi connectivity index (χ4n) is 1.49. The average Bonchev–Trinajstić information content (AvgIpc) is 2.55. The first kappa shape index (κ1) is 17.0. The molecule has 100 valence electrons. The quantitative estimate of drug-likeness (QED) is 0.138. The van der Waals surface area contributed by atoms with Gasteiger partial charge in [-0.1, -0.05) is 11.0 Å². The predicted molar refractivity (Wildman–Crippen MR) is 64.8 cm³/mol. The molecule has 7 heteroatoms. The third-order valence-electron chi connectivity index (χ3n) is 2.41. The van der Waals surface area contributed by atoms with Gasteiger partial charge >= 0.3 is 0 Å². The number of likely N-dealkylation sites (tertiary alicyclic amines) is 1. The van der Waals surface area contributed by atoms with Crippen LogP contribution in [0.5, 0.6) is 0 Å². The summed E-state index contributed by atoms with van der Waals surface area (Å²) >= 11 is 0. The molecule has 1 atom stereocenters. The van der Waals surface area contributed by atoms with Crippen molar-refractivity contribution in [2.24, 2.45) is 5.11 Å². The monoisotopic (exact) mass is 363 g/mol. The van der Waals surface area contributed by atoms with Gasteiger partial charge in [-0.05, 0) is 17.9 Å². The van der Waals surface area contributed by atoms with Gasteiger partial charge in [0.25, 0.3) is 0 Å². The minimum Gasteiger partial charge on any atom is -1.00 e. The Labute approximate surface area is 125 Å². The van der Waals surface area contributed by atoms with Gasteiger partial charge in [-0.2, -0.15) is 0 Å². The number of amides is 1. The van der Waals surface area contributed by atoms with Crippen molar-refractivity contribution in [1.82, 2.24) is 4.90 Å². The normalized spacial score (nSPS) is 18.5. The standard InChI is InChI=1S/C11H18N5O.HI/c1-16(2,3)9-5-4-7-15-8-6-10(11(15)17)13-14-12;/h10H,6-9H2,1-3H3;1H/q+1;/p-1/t10-;/m1./s1. The van der Waals surface area contributed by atoms with Gasteiger partial charge in [0.15, 0.2) is 0 Å². The molecule has 0 unspecified atom stereocenters. The van der Waals surface area contributed by atoms with E-state index in [-0.39, 0.29) is 29.9 Å². The van der Waals surface area contributed by atoms with Gasteiger partial charge in [0.2, 0.25) is 5.91 Å². The lowest BCUT2D eigenvalue weighted by atomic mass is 10.3. The van der Waals surface area contributed by atoms with E-state index in [1.54, 1.807) is 4.90 Å². The van der Waals surface area contributed by atoms with E-state index in [4.69, 9.17) is 5.53 Å². The van der Waals surface area contributed by atoms with Crippen molar-refractivity contribution in [3.8, 4) is 11.8 Å². The highest BCUT2D eigenvalue weighted by atomic mass is 127. The van der Waals surface area contributed by atoms with Crippen molar-refractivity contribution < 1.29 is 33.3 Å². The van der Waals surface area contributed by atoms with E-state index in [9.17, 15) is 4.79 Å². The fraction of sp³-hybridized carbons (Fsp3) is 0.727. The van der Waals surface area contributed by atoms with Crippen molar-refractivity contribution in [3.05, 3.63) is 10.4 Å². The molecule has 1 aliphatic rings. The zero-order chi connectivity index (χ0) is 12.9. The summed E-state index contributed by atoms with van der Waals surface area (Å²) in [6, 6.07) is -0.528. The number of halogens is 1. The van der Waals surface area contributed by atoms with E-state index < -0.39 is 6.04 Å². The molecule has 1 saturated heterocycles. The molecule has 6 nitrogen and oxygen atoms in total. The first-order chi connectivity index (χ1) is 7.94. The Balaban J connectivity index is 0.00000289. The Morgan fingerprint density at radius 1 is 1.50 bits per heavy atom. The van der Waals surface area contributed by atoms with E-state index in [2.05, 4.69) is 43.0 Å². The molecular formula is C11H18IN5O. The van der Waals surface area contributed by atoms with Crippen LogP contribution in [0.2, 0.25) is 0 Å². The minimum atomic E-state index is -0.528. The molecular weight excluding hydrogens is 345 g/mol. The SMILES string of the molecule is C[N+](C)(C)CC#CCN1CC[C@@H](N=[N+]=[N-])C1=O.[I-]. The molecule has 18 heavy (non-hydrogen) atoms. The summed E-state index contributed by atoms with van der Waals surface area (Å²) in [5, 5.41) is 3.46. The lowest BCUT2D eigenvalue weighted by Gasteiger charge is -2.20. The highest BCUT2D eigenvalue weighted by Gasteiger charge is 2.29. The van der Waals surface area contributed by atoms with Crippen molar-refractivity contribution in [1.29, 1.82) is 0 Å². The second-order valence-corrected chi connectivity index (χ2v) is 5.07. The zero-order valence-corrected chi connectivity index (χ0v) is 13.1. The third kappa shape index (κ3) is 5.58. The van der Waals surface area contributed by atoms with Crippen LogP contribution in [0.4, 0.5) is 0 Å². The molecule has 0 aromatic carbocycles. The number of quaternary nitrogens is 1. The van der Waals surface area contributed by atoms with Crippen LogP contribution >= 0.6 is 0 Å². The van der Waals surface area contributed by atoms with Gasteiger partial charge in [-0.25, -0.2) is 0 Å². The van der Waals surface area contributed by atoms with Gasteiger partial charge < -0.3 is 33.4 Å². The van der Waals surface area contributed by atoms with Crippen molar-refractivity contribution in [2.75, 3.05) is 40.8 Å². The molecule has 0 aromatic rings. The third-order valence-corrected chi connectivity index (χ3v) is 2.41. The second-order valence-electron chi connectivity index (χ2n) is 5.07. The molecule has 0 aliphatic carbocycles. The maximum absolute atomic E-state index is 11.7. The molecule has 1 amide bonds. The van der Waals surface area contributed by atoms with Gasteiger partial charge in [-0.3, -0.25) is 4.79 Å². The first-order valence-corrected chi connectivity index (χ1v) is 5.53. The molecule has 1 rings (SSSR count). The molecule has 1 aliphatic heterocycles. The van der Waals surface area contributed by atoms with Crippen molar-refractivity contribution >= 4 is 5.91 Å². The number of rotatable bonds is 3. The molecule has 1 heterocycles. The molecule has 0 spiro atoms. The number of carbonyl (C=O) groups is 1. The van der Waals surface area contributed by atoms with Crippen LogP contribution < -0.4 is 24.0 Å². The molecule has 0 N–H and O–H groups in total. The summed E-state index contributed by atoms with van der Waals surface area (Å²) in [5.74, 6) is 5.92. The number of hydrogen-bond donors (Lipinski definition) is 0. The number of nitrogens with zero attached hydrogens (tertiary/aromatic N) is 5. The maximum Gasteiger partial charge on any atom is 0.232 e. The Hall–Kier alpha value is -0.970. The number of azide groups is 1. The predicted octanol–water partition coefficient (Wildman–Crippen LogP) is -2.39. The van der Waals surface area contributed by atoms with Gasteiger partial charge in [0, 0.05) is 11.5 Å². The Morgan fingerprint density at radius 2 is 2.17 bits per heavy atom. The lowest BCUT2D eigenvalue weighted by molar-refractivity contribution is -0.862. The average molecular weight is 363 g/mol. The van der Waals surface area contributed by atoms with E-state index in [1.165, 1.54) is 0 Å². The van der Waals surface area contributed by atoms with Crippen molar-refractivity contribution in [3.63, 3.8) is 0 Å². The van der Waals surface area contributed by atoms with Crippen LogP contribution in [0.25, 0.3) is 10.4 Å². The molecule has 1 fully saturated rings. The van der Waals surface area contributed by atoms with Gasteiger partial charge in [0.05, 0.1) is 27.7 Å². The van der Waals surface area contributed by atoms with Crippen LogP contribution in [-0.4, -0.2) is 62.1 Å². The van der Waals surface area contributed by atoms with E-state index >= 15 is 0 Å². The number of carbonyl (C=O) groups excluding carboxylic acids is 1. The summed E-state index contributed by atoms with van der Waals surface area (Å²) < 4.78 is 0.780. The Morgan fingerprint density at radius 3 is 2.72 bits per heavy atom. The van der Waals surface area contributed by atoms with E-state index in [0.717, 1.165) is 11.0 Å². The molecule has 0 radical (unpaired) electrons. The van der Waals surface area contributed by atoms with E-state index in [1.807, 2.05) is 0 Å². The highest BCUT2D eigenvalue weighted by molar-refractivity contribution is 5.84.